The smallest absolute Gasteiger partial charge is 0.203 e. The Labute approximate surface area is 152 Å². The van der Waals surface area contributed by atoms with Gasteiger partial charge in [-0.3, -0.25) is 9.59 Å². The molecule has 1 N–H and O–H groups in total. The lowest BCUT2D eigenvalue weighted by Gasteiger charge is -2.34. The lowest BCUT2D eigenvalue weighted by Crippen LogP contribution is -2.44. The summed E-state index contributed by atoms with van der Waals surface area (Å²) in [6.45, 7) is 1.37. The fourth-order valence-electron chi connectivity index (χ4n) is 3.28. The zero-order valence-electron chi connectivity index (χ0n) is 14.7. The quantitative estimate of drug-likeness (QED) is 0.899. The van der Waals surface area contributed by atoms with Crippen molar-refractivity contribution in [3.8, 4) is 0 Å². The molecule has 0 radical (unpaired) electrons. The molecule has 0 aromatic heterocycles. The molecule has 0 fully saturated rings. The number of hydrogen-bond donors (Lipinski definition) is 1. The average molecular weight is 348 g/mol. The first-order valence-corrected chi connectivity index (χ1v) is 8.35. The number of ether oxygens (including phenoxy) is 1. The molecular formula is C22H20O4. The van der Waals surface area contributed by atoms with Crippen LogP contribution in [0.5, 0.6) is 0 Å². The molecule has 2 aromatic rings. The van der Waals surface area contributed by atoms with E-state index in [0.717, 1.165) is 0 Å². The molecule has 1 unspecified atom stereocenters. The van der Waals surface area contributed by atoms with Crippen molar-refractivity contribution in [1.82, 2.24) is 0 Å². The van der Waals surface area contributed by atoms with Gasteiger partial charge in [0.05, 0.1) is 12.7 Å². The number of ketones is 2. The van der Waals surface area contributed by atoms with E-state index < -0.39 is 11.4 Å². The van der Waals surface area contributed by atoms with Gasteiger partial charge in [-0.05, 0) is 24.1 Å². The Morgan fingerprint density at radius 1 is 1.00 bits per heavy atom. The topological polar surface area (TPSA) is 63.6 Å². The third-order valence-electron chi connectivity index (χ3n) is 4.44. The normalized spacial score (nSPS) is 20.0. The molecule has 0 heterocycles. The van der Waals surface area contributed by atoms with Crippen LogP contribution in [0.25, 0.3) is 11.1 Å². The molecule has 1 atom stereocenters. The van der Waals surface area contributed by atoms with Crippen LogP contribution in [-0.2, 0) is 14.3 Å². The fraction of sp³-hybridized carbons (Fsp3) is 0.182. The van der Waals surface area contributed by atoms with Crippen molar-refractivity contribution in [2.45, 2.75) is 18.9 Å². The minimum absolute atomic E-state index is 0.268. The average Bonchev–Trinajstić information content (AvgIpc) is 2.64. The molecule has 4 heteroatoms. The first-order chi connectivity index (χ1) is 12.5. The molecule has 0 saturated carbocycles. The summed E-state index contributed by atoms with van der Waals surface area (Å²) in [5.74, 6) is -0.429. The number of allylic oxidation sites excluding steroid dienone is 1. The van der Waals surface area contributed by atoms with Gasteiger partial charge in [-0.2, -0.15) is 0 Å². The van der Waals surface area contributed by atoms with Crippen LogP contribution < -0.4 is 0 Å². The van der Waals surface area contributed by atoms with Crippen LogP contribution in [0.4, 0.5) is 0 Å². The first kappa shape index (κ1) is 17.8. The van der Waals surface area contributed by atoms with E-state index in [9.17, 15) is 14.7 Å². The monoisotopic (exact) mass is 348 g/mol. The Morgan fingerprint density at radius 2 is 1.54 bits per heavy atom. The van der Waals surface area contributed by atoms with Crippen LogP contribution in [0.3, 0.4) is 0 Å². The van der Waals surface area contributed by atoms with Crippen LogP contribution in [0.2, 0.25) is 0 Å². The summed E-state index contributed by atoms with van der Waals surface area (Å²) in [7, 11) is 1.49. The molecule has 3 rings (SSSR count). The minimum Gasteiger partial charge on any atom is -0.496 e. The van der Waals surface area contributed by atoms with Gasteiger partial charge in [0, 0.05) is 12.0 Å². The second kappa shape index (κ2) is 7.10. The number of carbonyl (C=O) groups excluding carboxylic acids is 2. The van der Waals surface area contributed by atoms with Gasteiger partial charge in [-0.15, -0.1) is 0 Å². The van der Waals surface area contributed by atoms with Crippen LogP contribution >= 0.6 is 0 Å². The van der Waals surface area contributed by atoms with Gasteiger partial charge in [-0.25, -0.2) is 0 Å². The molecule has 0 spiro atoms. The maximum atomic E-state index is 13.4. The predicted molar refractivity (Wildman–Crippen MR) is 100 cm³/mol. The maximum Gasteiger partial charge on any atom is 0.203 e. The number of methoxy groups -OCH3 is 1. The lowest BCUT2D eigenvalue weighted by atomic mass is 9.73. The van der Waals surface area contributed by atoms with Crippen LogP contribution in [0, 0.1) is 0 Å². The van der Waals surface area contributed by atoms with Crippen molar-refractivity contribution in [3.63, 3.8) is 0 Å². The molecule has 1 aliphatic carbocycles. The van der Waals surface area contributed by atoms with Gasteiger partial charge < -0.3 is 9.84 Å². The van der Waals surface area contributed by atoms with E-state index >= 15 is 0 Å². The molecular weight excluding hydrogens is 328 g/mol. The summed E-state index contributed by atoms with van der Waals surface area (Å²) in [6.07, 6.45) is 1.36. The maximum absolute atomic E-state index is 13.4. The summed E-state index contributed by atoms with van der Waals surface area (Å²) in [5.41, 5.74) is 0.0257. The number of Topliss-reactive ketones (excluding diaryl/α,β-unsaturated/α-hetero) is 2. The number of benzene rings is 2. The Morgan fingerprint density at radius 3 is 2.04 bits per heavy atom. The first-order valence-electron chi connectivity index (χ1n) is 8.35. The highest BCUT2D eigenvalue weighted by atomic mass is 16.5. The Balaban J connectivity index is 2.26. The van der Waals surface area contributed by atoms with E-state index in [2.05, 4.69) is 0 Å². The molecule has 132 valence electrons. The van der Waals surface area contributed by atoms with Crippen molar-refractivity contribution < 1.29 is 19.4 Å². The summed E-state index contributed by atoms with van der Waals surface area (Å²) >= 11 is 0. The highest BCUT2D eigenvalue weighted by Crippen LogP contribution is 2.42. The zero-order valence-corrected chi connectivity index (χ0v) is 14.7. The second-order valence-corrected chi connectivity index (χ2v) is 6.30. The van der Waals surface area contributed by atoms with Gasteiger partial charge >= 0.3 is 0 Å². The minimum atomic E-state index is -1.93. The Hall–Kier alpha value is -2.98. The van der Waals surface area contributed by atoms with Gasteiger partial charge in [0.1, 0.15) is 11.5 Å². The van der Waals surface area contributed by atoms with E-state index in [1.165, 1.54) is 14.0 Å². The van der Waals surface area contributed by atoms with Gasteiger partial charge in [-0.1, -0.05) is 60.7 Å². The predicted octanol–water partition coefficient (Wildman–Crippen LogP) is 3.42. The van der Waals surface area contributed by atoms with Crippen molar-refractivity contribution in [2.24, 2.45) is 0 Å². The third-order valence-corrected chi connectivity index (χ3v) is 4.44. The Kier molecular flexibility index (Phi) is 4.87. The largest absolute Gasteiger partial charge is 0.496 e. The summed E-state index contributed by atoms with van der Waals surface area (Å²) in [5, 5.41) is 11.3. The van der Waals surface area contributed by atoms with Crippen molar-refractivity contribution in [3.05, 3.63) is 83.6 Å². The van der Waals surface area contributed by atoms with Crippen molar-refractivity contribution in [2.75, 3.05) is 7.11 Å². The molecule has 0 bridgehead atoms. The van der Waals surface area contributed by atoms with E-state index in [1.54, 1.807) is 30.3 Å². The number of rotatable bonds is 5. The van der Waals surface area contributed by atoms with E-state index in [4.69, 9.17) is 4.74 Å². The van der Waals surface area contributed by atoms with Crippen molar-refractivity contribution >= 4 is 22.7 Å². The number of aliphatic hydroxyl groups is 1. The standard InChI is InChI=1S/C22H20O4/c1-15(23)14-22(25)18(16-9-5-3-6-10-16)13-19(26-2)20(21(22)24)17-11-7-4-8-12-17/h3-13,25H,14H2,1-2H3. The van der Waals surface area contributed by atoms with Gasteiger partial charge in [0.15, 0.2) is 5.60 Å². The van der Waals surface area contributed by atoms with Gasteiger partial charge in [0.25, 0.3) is 0 Å². The van der Waals surface area contributed by atoms with Crippen molar-refractivity contribution in [1.29, 1.82) is 0 Å². The van der Waals surface area contributed by atoms with Crippen LogP contribution in [0.15, 0.2) is 72.5 Å². The highest BCUT2D eigenvalue weighted by molar-refractivity contribution is 6.31. The number of hydrogen-bond acceptors (Lipinski definition) is 4. The number of carbonyl (C=O) groups is 2. The Bertz CT molecular complexity index is 894. The second-order valence-electron chi connectivity index (χ2n) is 6.30. The van der Waals surface area contributed by atoms with E-state index in [1.807, 2.05) is 36.4 Å². The summed E-state index contributed by atoms with van der Waals surface area (Å²) in [6, 6.07) is 18.1. The van der Waals surface area contributed by atoms with Gasteiger partial charge in [0.2, 0.25) is 5.78 Å². The lowest BCUT2D eigenvalue weighted by molar-refractivity contribution is -0.132. The van der Waals surface area contributed by atoms with Crippen LogP contribution in [-0.4, -0.2) is 29.4 Å². The SMILES string of the molecule is COC1=C(c2ccccc2)C(=O)C(O)(CC(C)=O)C(c2ccccc2)=C1. The van der Waals surface area contributed by atoms with Crippen LogP contribution in [0.1, 0.15) is 24.5 Å². The highest BCUT2D eigenvalue weighted by Gasteiger charge is 2.47. The molecule has 0 amide bonds. The molecule has 0 saturated heterocycles. The fourth-order valence-corrected chi connectivity index (χ4v) is 3.28. The molecule has 0 aliphatic heterocycles. The van der Waals surface area contributed by atoms with E-state index in [-0.39, 0.29) is 17.8 Å². The molecule has 26 heavy (non-hydrogen) atoms. The molecule has 4 nitrogen and oxygen atoms in total. The summed E-state index contributed by atoms with van der Waals surface area (Å²) in [4.78, 5) is 25.2. The third kappa shape index (κ3) is 3.11. The van der Waals surface area contributed by atoms with E-state index in [0.29, 0.717) is 22.5 Å². The zero-order chi connectivity index (χ0) is 18.7. The summed E-state index contributed by atoms with van der Waals surface area (Å²) < 4.78 is 5.47. The molecule has 2 aromatic carbocycles. The molecule has 1 aliphatic rings.